The highest BCUT2D eigenvalue weighted by Crippen LogP contribution is 2.27. The molecule has 6 nitrogen and oxygen atoms in total. The van der Waals surface area contributed by atoms with E-state index < -0.39 is 35.3 Å². The number of rotatable bonds is 8. The fourth-order valence-electron chi connectivity index (χ4n) is 2.28. The van der Waals surface area contributed by atoms with Crippen LogP contribution < -0.4 is 0 Å². The number of ether oxygens (including phenoxy) is 2. The Hall–Kier alpha value is -1.72. The van der Waals surface area contributed by atoms with E-state index in [0.717, 1.165) is 12.8 Å². The van der Waals surface area contributed by atoms with E-state index >= 15 is 0 Å². The van der Waals surface area contributed by atoms with Gasteiger partial charge < -0.3 is 9.47 Å². The first-order valence-electron chi connectivity index (χ1n) is 7.91. The van der Waals surface area contributed by atoms with E-state index in [1.165, 1.54) is 0 Å². The lowest BCUT2D eigenvalue weighted by molar-refractivity contribution is -0.168. The Kier molecular flexibility index (Phi) is 7.77. The first-order chi connectivity index (χ1) is 10.5. The molecule has 6 heteroatoms. The van der Waals surface area contributed by atoms with Crippen molar-refractivity contribution in [1.29, 1.82) is 0 Å². The highest BCUT2D eigenvalue weighted by Gasteiger charge is 2.48. The first kappa shape index (κ1) is 18.3. The van der Waals surface area contributed by atoms with Gasteiger partial charge in [-0.05, 0) is 12.8 Å². The highest BCUT2D eigenvalue weighted by molar-refractivity contribution is 6.14. The van der Waals surface area contributed by atoms with Crippen molar-refractivity contribution in [2.45, 2.75) is 52.4 Å². The Balaban J connectivity index is 2.77. The van der Waals surface area contributed by atoms with Crippen molar-refractivity contribution in [1.82, 2.24) is 0 Å². The van der Waals surface area contributed by atoms with Gasteiger partial charge in [-0.3, -0.25) is 19.2 Å². The zero-order chi connectivity index (χ0) is 16.5. The van der Waals surface area contributed by atoms with E-state index in [4.69, 9.17) is 9.47 Å². The third-order valence-electron chi connectivity index (χ3n) is 3.64. The maximum absolute atomic E-state index is 12.1. The van der Waals surface area contributed by atoms with Gasteiger partial charge in [-0.2, -0.15) is 0 Å². The molecule has 0 N–H and O–H groups in total. The second-order valence-corrected chi connectivity index (χ2v) is 5.43. The summed E-state index contributed by atoms with van der Waals surface area (Å²) in [6.07, 6.45) is 2.98. The fraction of sp³-hybridized carbons (Fsp3) is 0.750. The van der Waals surface area contributed by atoms with Crippen LogP contribution in [0.4, 0.5) is 0 Å². The van der Waals surface area contributed by atoms with E-state index in [1.54, 1.807) is 0 Å². The molecule has 0 bridgehead atoms. The molecule has 0 radical (unpaired) electrons. The number of hydrogen-bond donors (Lipinski definition) is 0. The van der Waals surface area contributed by atoms with E-state index in [9.17, 15) is 19.2 Å². The SMILES string of the molecule is CCCCOC(=O)C1C(=O)CCC(=O)C1C(=O)OCCCC. The van der Waals surface area contributed by atoms with Crippen LogP contribution >= 0.6 is 0 Å². The Bertz CT molecular complexity index is 388. The molecule has 1 saturated carbocycles. The number of ketones is 2. The summed E-state index contributed by atoms with van der Waals surface area (Å²) in [6.45, 7) is 4.25. The third kappa shape index (κ3) is 4.93. The maximum atomic E-state index is 12.1. The molecule has 2 unspecified atom stereocenters. The Morgan fingerprint density at radius 2 is 1.23 bits per heavy atom. The van der Waals surface area contributed by atoms with Gasteiger partial charge in [0.2, 0.25) is 0 Å². The number of Topliss-reactive ketones (excluding diaryl/α,β-unsaturated/α-hetero) is 2. The van der Waals surface area contributed by atoms with Gasteiger partial charge in [0.15, 0.2) is 0 Å². The molecule has 0 aromatic heterocycles. The number of esters is 2. The fourth-order valence-corrected chi connectivity index (χ4v) is 2.28. The summed E-state index contributed by atoms with van der Waals surface area (Å²) in [5.74, 6) is -5.09. The average Bonchev–Trinajstić information content (AvgIpc) is 2.49. The van der Waals surface area contributed by atoms with Gasteiger partial charge >= 0.3 is 11.9 Å². The Labute approximate surface area is 130 Å². The second-order valence-electron chi connectivity index (χ2n) is 5.43. The van der Waals surface area contributed by atoms with Gasteiger partial charge in [-0.15, -0.1) is 0 Å². The molecule has 2 atom stereocenters. The highest BCUT2D eigenvalue weighted by atomic mass is 16.5. The van der Waals surface area contributed by atoms with E-state index in [1.807, 2.05) is 13.8 Å². The van der Waals surface area contributed by atoms with Crippen LogP contribution in [-0.4, -0.2) is 36.7 Å². The van der Waals surface area contributed by atoms with E-state index in [2.05, 4.69) is 0 Å². The van der Waals surface area contributed by atoms with Crippen molar-refractivity contribution in [2.75, 3.05) is 13.2 Å². The van der Waals surface area contributed by atoms with Crippen molar-refractivity contribution in [2.24, 2.45) is 11.8 Å². The van der Waals surface area contributed by atoms with Crippen LogP contribution in [0.2, 0.25) is 0 Å². The van der Waals surface area contributed by atoms with Gasteiger partial charge in [-0.1, -0.05) is 26.7 Å². The summed E-state index contributed by atoms with van der Waals surface area (Å²) >= 11 is 0. The Morgan fingerprint density at radius 3 is 1.55 bits per heavy atom. The normalized spacial score (nSPS) is 21.5. The van der Waals surface area contributed by atoms with Crippen molar-refractivity contribution < 1.29 is 28.7 Å². The molecule has 0 amide bonds. The van der Waals surface area contributed by atoms with Crippen LogP contribution in [0.15, 0.2) is 0 Å². The molecule has 0 aromatic rings. The molecule has 0 saturated heterocycles. The molecular weight excluding hydrogens is 288 g/mol. The third-order valence-corrected chi connectivity index (χ3v) is 3.64. The molecule has 0 aliphatic heterocycles. The molecule has 1 rings (SSSR count). The molecule has 124 valence electrons. The largest absolute Gasteiger partial charge is 0.465 e. The minimum Gasteiger partial charge on any atom is -0.465 e. The zero-order valence-electron chi connectivity index (χ0n) is 13.3. The lowest BCUT2D eigenvalue weighted by atomic mass is 9.77. The van der Waals surface area contributed by atoms with Crippen LogP contribution in [0, 0.1) is 11.8 Å². The molecule has 0 heterocycles. The van der Waals surface area contributed by atoms with Crippen LogP contribution in [0.25, 0.3) is 0 Å². The monoisotopic (exact) mass is 312 g/mol. The molecule has 0 spiro atoms. The van der Waals surface area contributed by atoms with E-state index in [0.29, 0.717) is 12.8 Å². The molecule has 1 fully saturated rings. The van der Waals surface area contributed by atoms with Crippen molar-refractivity contribution in [3.8, 4) is 0 Å². The summed E-state index contributed by atoms with van der Waals surface area (Å²) in [5.41, 5.74) is 0. The number of hydrogen-bond acceptors (Lipinski definition) is 6. The minimum absolute atomic E-state index is 0.0227. The summed E-state index contributed by atoms with van der Waals surface area (Å²) in [7, 11) is 0. The lowest BCUT2D eigenvalue weighted by Crippen LogP contribution is -2.45. The standard InChI is InChI=1S/C16H24O6/c1-3-5-9-21-15(19)13-11(17)7-8-12(18)14(13)16(20)22-10-6-4-2/h13-14H,3-10H2,1-2H3. The summed E-state index contributed by atoms with van der Waals surface area (Å²) in [4.78, 5) is 48.1. The van der Waals surface area contributed by atoms with Crippen molar-refractivity contribution >= 4 is 23.5 Å². The first-order valence-corrected chi connectivity index (χ1v) is 7.91. The lowest BCUT2D eigenvalue weighted by Gasteiger charge is -2.26. The summed E-state index contributed by atoms with van der Waals surface area (Å²) < 4.78 is 10.1. The van der Waals surface area contributed by atoms with Crippen LogP contribution in [0.5, 0.6) is 0 Å². The van der Waals surface area contributed by atoms with Gasteiger partial charge in [0.05, 0.1) is 13.2 Å². The van der Waals surface area contributed by atoms with Crippen LogP contribution in [-0.2, 0) is 28.7 Å². The smallest absolute Gasteiger partial charge is 0.317 e. The number of carbonyl (C=O) groups excluding carboxylic acids is 4. The van der Waals surface area contributed by atoms with Gasteiger partial charge in [-0.25, -0.2) is 0 Å². The molecule has 1 aliphatic carbocycles. The second kappa shape index (κ2) is 9.33. The predicted octanol–water partition coefficient (Wildman–Crippen LogP) is 1.84. The molecular formula is C16H24O6. The van der Waals surface area contributed by atoms with Crippen molar-refractivity contribution in [3.05, 3.63) is 0 Å². The van der Waals surface area contributed by atoms with Crippen LogP contribution in [0.3, 0.4) is 0 Å². The summed E-state index contributed by atoms with van der Waals surface area (Å²) in [6, 6.07) is 0. The zero-order valence-corrected chi connectivity index (χ0v) is 13.3. The topological polar surface area (TPSA) is 86.7 Å². The van der Waals surface area contributed by atoms with Crippen molar-refractivity contribution in [3.63, 3.8) is 0 Å². The van der Waals surface area contributed by atoms with Gasteiger partial charge in [0.1, 0.15) is 23.4 Å². The quantitative estimate of drug-likeness (QED) is 0.386. The average molecular weight is 312 g/mol. The minimum atomic E-state index is -1.34. The molecule has 22 heavy (non-hydrogen) atoms. The summed E-state index contributed by atoms with van der Waals surface area (Å²) in [5, 5.41) is 0. The van der Waals surface area contributed by atoms with Gasteiger partial charge in [0, 0.05) is 12.8 Å². The molecule has 0 aromatic carbocycles. The Morgan fingerprint density at radius 1 is 0.864 bits per heavy atom. The molecule has 1 aliphatic rings. The number of carbonyl (C=O) groups is 4. The van der Waals surface area contributed by atoms with Crippen LogP contribution in [0.1, 0.15) is 52.4 Å². The van der Waals surface area contributed by atoms with Gasteiger partial charge in [0.25, 0.3) is 0 Å². The van der Waals surface area contributed by atoms with E-state index in [-0.39, 0.29) is 26.1 Å². The number of unbranched alkanes of at least 4 members (excludes halogenated alkanes) is 2. The predicted molar refractivity (Wildman–Crippen MR) is 78.0 cm³/mol. The maximum Gasteiger partial charge on any atom is 0.317 e.